The van der Waals surface area contributed by atoms with Crippen LogP contribution in [0.15, 0.2) is 60.7 Å². The molecule has 0 radical (unpaired) electrons. The molecule has 0 amide bonds. The van der Waals surface area contributed by atoms with Gasteiger partial charge in [0.1, 0.15) is 6.10 Å². The van der Waals surface area contributed by atoms with Crippen LogP contribution in [-0.2, 0) is 16.6 Å². The fourth-order valence-corrected chi connectivity index (χ4v) is 7.73. The topological polar surface area (TPSA) is 30.9 Å². The number of benzene rings is 2. The van der Waals surface area contributed by atoms with E-state index >= 15 is 0 Å². The number of nitrogens with zero attached hydrogens (tertiary/aromatic N) is 1. The van der Waals surface area contributed by atoms with Crippen molar-refractivity contribution in [3.63, 3.8) is 0 Å². The molecule has 1 spiro atoms. The van der Waals surface area contributed by atoms with Gasteiger partial charge in [-0.05, 0) is 56.0 Å². The normalized spacial score (nSPS) is 38.0. The number of rotatable bonds is 4. The number of likely N-dealkylation sites (N-methyl/N-ethyl adjacent to an activating group) is 1. The summed E-state index contributed by atoms with van der Waals surface area (Å²) in [4.78, 5) is 2.59. The largest absolute Gasteiger partial charge is 0.493 e. The zero-order valence-corrected chi connectivity index (χ0v) is 19.4. The molecule has 0 unspecified atom stereocenters. The number of piperidine rings is 1. The van der Waals surface area contributed by atoms with E-state index in [-0.39, 0.29) is 17.1 Å². The molecule has 2 aromatic carbocycles. The van der Waals surface area contributed by atoms with Crippen LogP contribution in [0.2, 0.25) is 0 Å². The summed E-state index contributed by atoms with van der Waals surface area (Å²) < 4.78 is 19.1. The van der Waals surface area contributed by atoms with Gasteiger partial charge < -0.3 is 19.1 Å². The van der Waals surface area contributed by atoms with Crippen molar-refractivity contribution in [1.82, 2.24) is 4.90 Å². The molecule has 2 bridgehead atoms. The summed E-state index contributed by atoms with van der Waals surface area (Å²) in [5, 5.41) is 0. The monoisotopic (exact) mass is 441 g/mol. The van der Waals surface area contributed by atoms with Gasteiger partial charge in [-0.1, -0.05) is 60.7 Å². The van der Waals surface area contributed by atoms with Crippen LogP contribution < -0.4 is 9.47 Å². The quantitative estimate of drug-likeness (QED) is 0.648. The van der Waals surface area contributed by atoms with Gasteiger partial charge in [-0.15, -0.1) is 0 Å². The van der Waals surface area contributed by atoms with Gasteiger partial charge >= 0.3 is 0 Å². The molecule has 4 heteroatoms. The lowest BCUT2D eigenvalue weighted by molar-refractivity contribution is -0.260. The lowest BCUT2D eigenvalue weighted by atomic mass is 9.46. The highest BCUT2D eigenvalue weighted by Gasteiger charge is 2.72. The van der Waals surface area contributed by atoms with Crippen LogP contribution in [-0.4, -0.2) is 50.0 Å². The molecule has 170 valence electrons. The molecule has 3 aliphatic heterocycles. The highest BCUT2D eigenvalue weighted by atomic mass is 16.6. The SMILES string of the molecule is COc1ccc2c3c1O[C@H]1[C@@H]4CO[C@]4(C=CC=Cc4ccccc4)C[C@H]4[C@@H](C2)N(C)CC[C@@]341. The summed E-state index contributed by atoms with van der Waals surface area (Å²) in [6.07, 6.45) is 12.3. The molecule has 33 heavy (non-hydrogen) atoms. The van der Waals surface area contributed by atoms with E-state index in [4.69, 9.17) is 14.2 Å². The fourth-order valence-electron chi connectivity index (χ4n) is 7.73. The standard InChI is InChI=1S/C29H31NO3/c1-30-15-14-29-21-17-28(13-7-6-10-19-8-4-3-5-9-19)22(18-32-28)27(29)33-26-24(31-2)12-11-20(25(26)29)16-23(21)30/h3-13,21-23,27H,14-18H2,1-2H3/t21-,22-,23+,27-,28+,29-/m0/s1. The number of likely N-dealkylation sites (tertiary alicyclic amines) is 1. The van der Waals surface area contributed by atoms with Gasteiger partial charge in [0.25, 0.3) is 0 Å². The van der Waals surface area contributed by atoms with Crippen molar-refractivity contribution in [2.24, 2.45) is 11.8 Å². The Balaban J connectivity index is 1.29. The number of hydrogen-bond acceptors (Lipinski definition) is 4. The minimum absolute atomic E-state index is 0.0975. The molecule has 6 atom stereocenters. The molecule has 3 fully saturated rings. The average Bonchev–Trinajstić information content (AvgIpc) is 3.15. The van der Waals surface area contributed by atoms with Crippen LogP contribution in [0.25, 0.3) is 6.08 Å². The summed E-state index contributed by atoms with van der Waals surface area (Å²) in [6.45, 7) is 1.91. The second kappa shape index (κ2) is 6.97. The van der Waals surface area contributed by atoms with E-state index in [9.17, 15) is 0 Å². The molecule has 1 saturated carbocycles. The van der Waals surface area contributed by atoms with Gasteiger partial charge in [-0.2, -0.15) is 0 Å². The lowest BCUT2D eigenvalue weighted by Gasteiger charge is -2.66. The molecule has 4 nitrogen and oxygen atoms in total. The third kappa shape index (κ3) is 2.54. The van der Waals surface area contributed by atoms with Gasteiger partial charge in [0, 0.05) is 17.0 Å². The molecular weight excluding hydrogens is 410 g/mol. The summed E-state index contributed by atoms with van der Waals surface area (Å²) in [7, 11) is 4.06. The number of methoxy groups -OCH3 is 1. The first kappa shape index (κ1) is 19.9. The van der Waals surface area contributed by atoms with E-state index in [1.807, 2.05) is 0 Å². The molecular formula is C29H31NO3. The van der Waals surface area contributed by atoms with E-state index in [1.54, 1.807) is 7.11 Å². The highest BCUT2D eigenvalue weighted by molar-refractivity contribution is 5.62. The average molecular weight is 442 g/mol. The number of fused-ring (bicyclic) bond motifs is 2. The van der Waals surface area contributed by atoms with E-state index in [0.29, 0.717) is 17.9 Å². The summed E-state index contributed by atoms with van der Waals surface area (Å²) in [6, 6.07) is 15.4. The van der Waals surface area contributed by atoms with Gasteiger partial charge in [-0.3, -0.25) is 0 Å². The molecule has 0 N–H and O–H groups in total. The van der Waals surface area contributed by atoms with Crippen molar-refractivity contribution < 1.29 is 14.2 Å². The molecule has 2 saturated heterocycles. The lowest BCUT2D eigenvalue weighted by Crippen LogP contribution is -2.74. The Morgan fingerprint density at radius 3 is 2.76 bits per heavy atom. The van der Waals surface area contributed by atoms with Crippen LogP contribution >= 0.6 is 0 Å². The van der Waals surface area contributed by atoms with Crippen LogP contribution in [0.4, 0.5) is 0 Å². The van der Waals surface area contributed by atoms with E-state index in [0.717, 1.165) is 43.9 Å². The number of allylic oxidation sites excluding steroid dienone is 2. The second-order valence-electron chi connectivity index (χ2n) is 10.5. The zero-order valence-electron chi connectivity index (χ0n) is 19.4. The van der Waals surface area contributed by atoms with Crippen molar-refractivity contribution in [3.8, 4) is 11.5 Å². The second-order valence-corrected chi connectivity index (χ2v) is 10.5. The first-order valence-corrected chi connectivity index (χ1v) is 12.3. The fraction of sp³-hybridized carbons (Fsp3) is 0.448. The molecule has 2 aliphatic carbocycles. The summed E-state index contributed by atoms with van der Waals surface area (Å²) >= 11 is 0. The number of ether oxygens (including phenoxy) is 3. The Bertz CT molecular complexity index is 1160. The van der Waals surface area contributed by atoms with Crippen molar-refractivity contribution in [1.29, 1.82) is 0 Å². The highest BCUT2D eigenvalue weighted by Crippen LogP contribution is 2.68. The van der Waals surface area contributed by atoms with Crippen molar-refractivity contribution in [3.05, 3.63) is 77.4 Å². The van der Waals surface area contributed by atoms with Gasteiger partial charge in [-0.25, -0.2) is 0 Å². The Labute approximate surface area is 195 Å². The first-order valence-electron chi connectivity index (χ1n) is 12.3. The van der Waals surface area contributed by atoms with Crippen molar-refractivity contribution in [2.45, 2.75) is 42.4 Å². The molecule has 3 heterocycles. The van der Waals surface area contributed by atoms with Crippen LogP contribution in [0.5, 0.6) is 11.5 Å². The smallest absolute Gasteiger partial charge is 0.165 e. The maximum atomic E-state index is 6.90. The van der Waals surface area contributed by atoms with Gasteiger partial charge in [0.15, 0.2) is 11.5 Å². The predicted octanol–water partition coefficient (Wildman–Crippen LogP) is 4.63. The van der Waals surface area contributed by atoms with Crippen molar-refractivity contribution in [2.75, 3.05) is 27.3 Å². The zero-order chi connectivity index (χ0) is 22.2. The Morgan fingerprint density at radius 2 is 1.97 bits per heavy atom. The van der Waals surface area contributed by atoms with E-state index in [2.05, 4.69) is 78.7 Å². The molecule has 0 aromatic heterocycles. The van der Waals surface area contributed by atoms with Crippen LogP contribution in [0.1, 0.15) is 29.5 Å². The molecule has 7 rings (SSSR count). The first-order chi connectivity index (χ1) is 16.2. The van der Waals surface area contributed by atoms with Gasteiger partial charge in [0.2, 0.25) is 0 Å². The Kier molecular flexibility index (Phi) is 4.20. The van der Waals surface area contributed by atoms with E-state index in [1.165, 1.54) is 16.7 Å². The van der Waals surface area contributed by atoms with E-state index < -0.39 is 0 Å². The molecule has 2 aromatic rings. The number of hydrogen-bond donors (Lipinski definition) is 0. The minimum Gasteiger partial charge on any atom is -0.493 e. The predicted molar refractivity (Wildman–Crippen MR) is 129 cm³/mol. The van der Waals surface area contributed by atoms with Crippen LogP contribution in [0, 0.1) is 11.8 Å². The maximum Gasteiger partial charge on any atom is 0.165 e. The van der Waals surface area contributed by atoms with Crippen LogP contribution in [0.3, 0.4) is 0 Å². The summed E-state index contributed by atoms with van der Waals surface area (Å²) in [5.41, 5.74) is 4.01. The maximum absolute atomic E-state index is 6.90. The summed E-state index contributed by atoms with van der Waals surface area (Å²) in [5.74, 6) is 2.81. The van der Waals surface area contributed by atoms with Gasteiger partial charge in [0.05, 0.1) is 25.2 Å². The molecule has 5 aliphatic rings. The Hall–Kier alpha value is -2.56. The van der Waals surface area contributed by atoms with Crippen molar-refractivity contribution >= 4 is 6.08 Å². The third-order valence-electron chi connectivity index (χ3n) is 9.29. The Morgan fingerprint density at radius 1 is 1.09 bits per heavy atom. The third-order valence-corrected chi connectivity index (χ3v) is 9.29. The minimum atomic E-state index is -0.233.